The third-order valence-corrected chi connectivity index (χ3v) is 5.01. The lowest BCUT2D eigenvalue weighted by Gasteiger charge is -2.23. The summed E-state index contributed by atoms with van der Waals surface area (Å²) in [5.41, 5.74) is 2.47. The van der Waals surface area contributed by atoms with Crippen molar-refractivity contribution < 1.29 is 13.9 Å². The molecule has 0 fully saturated rings. The summed E-state index contributed by atoms with van der Waals surface area (Å²) in [5.74, 6) is 0.644. The van der Waals surface area contributed by atoms with E-state index < -0.39 is 5.92 Å². The number of allylic oxidation sites excluding steroid dienone is 4. The summed E-state index contributed by atoms with van der Waals surface area (Å²) >= 11 is 0. The fourth-order valence-electron chi connectivity index (χ4n) is 3.75. The van der Waals surface area contributed by atoms with Crippen LogP contribution in [0.25, 0.3) is 0 Å². The maximum Gasteiger partial charge on any atom is 0.322 e. The molecule has 25 heavy (non-hydrogen) atoms. The van der Waals surface area contributed by atoms with Crippen molar-refractivity contribution in [2.45, 2.75) is 38.0 Å². The first-order valence-electron chi connectivity index (χ1n) is 9.02. The van der Waals surface area contributed by atoms with Crippen molar-refractivity contribution in [1.29, 1.82) is 0 Å². The number of carbonyl (C=O) groups excluding carboxylic acids is 1. The summed E-state index contributed by atoms with van der Waals surface area (Å²) in [6.07, 6.45) is 15.5. The molecule has 1 unspecified atom stereocenters. The van der Waals surface area contributed by atoms with E-state index in [0.29, 0.717) is 5.75 Å². The lowest BCUT2D eigenvalue weighted by Crippen LogP contribution is -2.25. The Labute approximate surface area is 148 Å². The van der Waals surface area contributed by atoms with Gasteiger partial charge in [-0.2, -0.15) is 0 Å². The van der Waals surface area contributed by atoms with Crippen LogP contribution in [0.3, 0.4) is 0 Å². The molecular formula is C22H22O3. The van der Waals surface area contributed by atoms with E-state index in [-0.39, 0.29) is 11.9 Å². The average Bonchev–Trinajstić information content (AvgIpc) is 3.08. The maximum absolute atomic E-state index is 13.0. The molecule has 4 rings (SSSR count). The molecule has 0 radical (unpaired) electrons. The van der Waals surface area contributed by atoms with Crippen LogP contribution in [0.4, 0.5) is 0 Å². The molecule has 0 spiro atoms. The highest BCUT2D eigenvalue weighted by molar-refractivity contribution is 5.81. The summed E-state index contributed by atoms with van der Waals surface area (Å²) in [6.45, 7) is 0. The summed E-state index contributed by atoms with van der Waals surface area (Å²) in [7, 11) is 0. The van der Waals surface area contributed by atoms with Crippen LogP contribution in [0.15, 0.2) is 65.3 Å². The predicted octanol–water partition coefficient (Wildman–Crippen LogP) is 4.98. The van der Waals surface area contributed by atoms with E-state index in [2.05, 4.69) is 24.3 Å². The summed E-state index contributed by atoms with van der Waals surface area (Å²) in [4.78, 5) is 13.0. The first kappa shape index (κ1) is 15.9. The number of benzene rings is 1. The number of rotatable bonds is 4. The van der Waals surface area contributed by atoms with Gasteiger partial charge in [0, 0.05) is 5.92 Å². The number of fused-ring (bicyclic) bond motifs is 1. The first-order valence-corrected chi connectivity index (χ1v) is 9.02. The highest BCUT2D eigenvalue weighted by Gasteiger charge is 2.35. The largest absolute Gasteiger partial charge is 0.468 e. The molecule has 1 aromatic carbocycles. The maximum atomic E-state index is 13.0. The highest BCUT2D eigenvalue weighted by Crippen LogP contribution is 2.37. The Morgan fingerprint density at radius 2 is 1.84 bits per heavy atom. The smallest absolute Gasteiger partial charge is 0.322 e. The van der Waals surface area contributed by atoms with Gasteiger partial charge in [0.15, 0.2) is 0 Å². The summed E-state index contributed by atoms with van der Waals surface area (Å²) in [5, 5.41) is 0. The number of furan rings is 1. The third kappa shape index (κ3) is 3.32. The number of hydrogen-bond acceptors (Lipinski definition) is 3. The molecule has 0 saturated heterocycles. The van der Waals surface area contributed by atoms with Crippen molar-refractivity contribution in [2.24, 2.45) is 5.92 Å². The molecule has 2 aromatic rings. The molecule has 1 heterocycles. The number of hydrogen-bond donors (Lipinski definition) is 0. The average molecular weight is 334 g/mol. The summed E-state index contributed by atoms with van der Waals surface area (Å²) in [6, 6.07) is 9.25. The van der Waals surface area contributed by atoms with Crippen molar-refractivity contribution in [3.05, 3.63) is 77.8 Å². The molecule has 0 N–H and O–H groups in total. The first-order chi connectivity index (χ1) is 12.3. The van der Waals surface area contributed by atoms with Crippen LogP contribution in [0.5, 0.6) is 5.75 Å². The van der Waals surface area contributed by atoms with E-state index in [1.165, 1.54) is 17.5 Å². The molecule has 2 aliphatic carbocycles. The van der Waals surface area contributed by atoms with E-state index >= 15 is 0 Å². The van der Waals surface area contributed by atoms with Gasteiger partial charge in [0.1, 0.15) is 17.4 Å². The van der Waals surface area contributed by atoms with Crippen LogP contribution in [-0.2, 0) is 17.6 Å². The molecule has 2 aliphatic rings. The molecule has 0 saturated carbocycles. The van der Waals surface area contributed by atoms with Gasteiger partial charge >= 0.3 is 5.97 Å². The van der Waals surface area contributed by atoms with E-state index in [0.717, 1.165) is 31.4 Å². The number of esters is 1. The molecule has 128 valence electrons. The second-order valence-electron chi connectivity index (χ2n) is 6.69. The Kier molecular flexibility index (Phi) is 4.55. The minimum Gasteiger partial charge on any atom is -0.468 e. The van der Waals surface area contributed by atoms with Crippen LogP contribution in [-0.4, -0.2) is 5.97 Å². The van der Waals surface area contributed by atoms with Crippen LogP contribution in [0.1, 0.15) is 42.1 Å². The van der Waals surface area contributed by atoms with Gasteiger partial charge in [-0.05, 0) is 55.4 Å². The van der Waals surface area contributed by atoms with Crippen LogP contribution in [0, 0.1) is 5.92 Å². The molecule has 0 bridgehead atoms. The van der Waals surface area contributed by atoms with Crippen molar-refractivity contribution in [3.63, 3.8) is 0 Å². The Morgan fingerprint density at radius 3 is 2.64 bits per heavy atom. The quantitative estimate of drug-likeness (QED) is 0.450. The van der Waals surface area contributed by atoms with Gasteiger partial charge in [-0.25, -0.2) is 0 Å². The molecule has 0 amide bonds. The lowest BCUT2D eigenvalue weighted by molar-refractivity contribution is -0.137. The van der Waals surface area contributed by atoms with Crippen molar-refractivity contribution in [1.82, 2.24) is 0 Å². The second kappa shape index (κ2) is 7.14. The monoisotopic (exact) mass is 334 g/mol. The fourth-order valence-corrected chi connectivity index (χ4v) is 3.75. The topological polar surface area (TPSA) is 39.4 Å². The van der Waals surface area contributed by atoms with Gasteiger partial charge in [0.05, 0.1) is 6.26 Å². The molecule has 3 heteroatoms. The number of carbonyl (C=O) groups is 1. The molecular weight excluding hydrogens is 312 g/mol. The fraction of sp³-hybridized carbons (Fsp3) is 0.318. The van der Waals surface area contributed by atoms with Gasteiger partial charge in [-0.3, -0.25) is 4.79 Å². The highest BCUT2D eigenvalue weighted by atomic mass is 16.5. The minimum atomic E-state index is -0.435. The SMILES string of the molecule is O=C(Oc1ccccc1)C(c1occ2c1CCCC2)C1C=CCC=C1. The number of para-hydroxylation sites is 1. The predicted molar refractivity (Wildman–Crippen MR) is 96.6 cm³/mol. The van der Waals surface area contributed by atoms with Gasteiger partial charge in [-0.15, -0.1) is 0 Å². The van der Waals surface area contributed by atoms with E-state index in [1.54, 1.807) is 12.1 Å². The van der Waals surface area contributed by atoms with E-state index in [1.807, 2.05) is 24.5 Å². The minimum absolute atomic E-state index is 0.0258. The van der Waals surface area contributed by atoms with Crippen molar-refractivity contribution in [3.8, 4) is 5.75 Å². The zero-order valence-corrected chi connectivity index (χ0v) is 14.2. The Morgan fingerprint density at radius 1 is 1.08 bits per heavy atom. The van der Waals surface area contributed by atoms with Crippen LogP contribution in [0.2, 0.25) is 0 Å². The zero-order chi connectivity index (χ0) is 17.1. The van der Waals surface area contributed by atoms with E-state index in [4.69, 9.17) is 9.15 Å². The second-order valence-corrected chi connectivity index (χ2v) is 6.69. The molecule has 1 aromatic heterocycles. The van der Waals surface area contributed by atoms with Gasteiger partial charge in [0.25, 0.3) is 0 Å². The van der Waals surface area contributed by atoms with Gasteiger partial charge in [-0.1, -0.05) is 42.5 Å². The Hall–Kier alpha value is -2.55. The summed E-state index contributed by atoms with van der Waals surface area (Å²) < 4.78 is 11.6. The third-order valence-electron chi connectivity index (χ3n) is 5.01. The Bertz CT molecular complexity index is 786. The molecule has 1 atom stereocenters. The van der Waals surface area contributed by atoms with E-state index in [9.17, 15) is 4.79 Å². The Balaban J connectivity index is 1.68. The standard InChI is InChI=1S/C22H22O3/c23-22(25-18-12-5-2-6-13-18)20(16-9-3-1-4-10-16)21-19-14-8-7-11-17(19)15-24-21/h2-6,9-10,12-13,15-16,20H,1,7-8,11,14H2. The van der Waals surface area contributed by atoms with Crippen molar-refractivity contribution in [2.75, 3.05) is 0 Å². The number of aryl methyl sites for hydroxylation is 1. The van der Waals surface area contributed by atoms with Crippen LogP contribution >= 0.6 is 0 Å². The molecule has 0 aliphatic heterocycles. The van der Waals surface area contributed by atoms with Crippen LogP contribution < -0.4 is 4.74 Å². The lowest BCUT2D eigenvalue weighted by atomic mass is 9.82. The normalized spacial score (nSPS) is 17.9. The zero-order valence-electron chi connectivity index (χ0n) is 14.2. The van der Waals surface area contributed by atoms with Gasteiger partial charge < -0.3 is 9.15 Å². The van der Waals surface area contributed by atoms with Crippen molar-refractivity contribution >= 4 is 5.97 Å². The number of ether oxygens (including phenoxy) is 1. The van der Waals surface area contributed by atoms with Gasteiger partial charge in [0.2, 0.25) is 0 Å². The molecule has 3 nitrogen and oxygen atoms in total.